The number of rotatable bonds is 3. The third kappa shape index (κ3) is 2.02. The van der Waals surface area contributed by atoms with Crippen LogP contribution in [0.5, 0.6) is 0 Å². The number of nitrogens with zero attached hydrogens (tertiary/aromatic N) is 3. The Balaban J connectivity index is 2.41. The first-order valence-electron chi connectivity index (χ1n) is 4.63. The van der Waals surface area contributed by atoms with E-state index in [0.29, 0.717) is 11.1 Å². The smallest absolute Gasteiger partial charge is 0.146 e. The lowest BCUT2D eigenvalue weighted by atomic mass is 10.0. The lowest BCUT2D eigenvalue weighted by Crippen LogP contribution is -2.29. The molecular weight excluding hydrogens is 209 g/mol. The summed E-state index contributed by atoms with van der Waals surface area (Å²) in [6, 6.07) is 1.08. The fourth-order valence-corrected chi connectivity index (χ4v) is 1.45. The Hall–Kier alpha value is -1.92. The summed E-state index contributed by atoms with van der Waals surface area (Å²) in [4.78, 5) is 11.4. The number of halogens is 1. The normalized spacial score (nSPS) is 12.4. The second kappa shape index (κ2) is 4.73. The Bertz CT molecular complexity index is 462. The fourth-order valence-electron chi connectivity index (χ4n) is 1.45. The van der Waals surface area contributed by atoms with Crippen LogP contribution in [0.4, 0.5) is 4.39 Å². The van der Waals surface area contributed by atoms with Crippen LogP contribution in [0.15, 0.2) is 37.2 Å². The Labute approximate surface area is 91.5 Å². The summed E-state index contributed by atoms with van der Waals surface area (Å²) in [6.07, 6.45) is 7.21. The maximum absolute atomic E-state index is 13.5. The van der Waals surface area contributed by atoms with Crippen LogP contribution in [0.2, 0.25) is 0 Å². The predicted molar refractivity (Wildman–Crippen MR) is 55.4 cm³/mol. The maximum Gasteiger partial charge on any atom is 0.146 e. The molecule has 2 rings (SSSR count). The van der Waals surface area contributed by atoms with E-state index in [0.717, 1.165) is 6.20 Å². The zero-order chi connectivity index (χ0) is 11.4. The largest absolute Gasteiger partial charge is 0.271 e. The van der Waals surface area contributed by atoms with Gasteiger partial charge in [0.2, 0.25) is 0 Å². The van der Waals surface area contributed by atoms with E-state index in [1.807, 2.05) is 0 Å². The van der Waals surface area contributed by atoms with Crippen molar-refractivity contribution in [2.24, 2.45) is 5.84 Å². The van der Waals surface area contributed by atoms with Crippen LogP contribution in [0.25, 0.3) is 0 Å². The van der Waals surface area contributed by atoms with E-state index in [2.05, 4.69) is 20.4 Å². The summed E-state index contributed by atoms with van der Waals surface area (Å²) in [5.74, 6) is 4.99. The summed E-state index contributed by atoms with van der Waals surface area (Å²) in [6.45, 7) is 0. The van der Waals surface area contributed by atoms with Gasteiger partial charge in [0, 0.05) is 29.7 Å². The van der Waals surface area contributed by atoms with Crippen LogP contribution < -0.4 is 11.3 Å². The van der Waals surface area contributed by atoms with Crippen LogP contribution in [-0.2, 0) is 0 Å². The average molecular weight is 219 g/mol. The van der Waals surface area contributed by atoms with E-state index in [4.69, 9.17) is 5.84 Å². The van der Waals surface area contributed by atoms with Crippen molar-refractivity contribution < 1.29 is 4.39 Å². The van der Waals surface area contributed by atoms with Gasteiger partial charge in [-0.05, 0) is 6.07 Å². The van der Waals surface area contributed by atoms with E-state index >= 15 is 0 Å². The van der Waals surface area contributed by atoms with Gasteiger partial charge < -0.3 is 0 Å². The Kier molecular flexibility index (Phi) is 3.13. The lowest BCUT2D eigenvalue weighted by molar-refractivity contribution is 0.554. The summed E-state index contributed by atoms with van der Waals surface area (Å²) in [5, 5.41) is 0. The molecule has 5 nitrogen and oxygen atoms in total. The molecule has 0 bridgehead atoms. The van der Waals surface area contributed by atoms with Gasteiger partial charge in [-0.1, -0.05) is 0 Å². The minimum absolute atomic E-state index is 0.410. The number of hydrogen-bond acceptors (Lipinski definition) is 5. The Morgan fingerprint density at radius 1 is 1.19 bits per heavy atom. The zero-order valence-electron chi connectivity index (χ0n) is 8.34. The van der Waals surface area contributed by atoms with Gasteiger partial charge in [0.25, 0.3) is 0 Å². The van der Waals surface area contributed by atoms with Crippen molar-refractivity contribution in [2.45, 2.75) is 6.04 Å². The molecule has 0 amide bonds. The van der Waals surface area contributed by atoms with Crippen LogP contribution in [-0.4, -0.2) is 15.0 Å². The van der Waals surface area contributed by atoms with Crippen LogP contribution in [0.1, 0.15) is 17.2 Å². The van der Waals surface area contributed by atoms with Gasteiger partial charge in [-0.2, -0.15) is 0 Å². The van der Waals surface area contributed by atoms with Crippen LogP contribution in [0, 0.1) is 5.82 Å². The van der Waals surface area contributed by atoms with Crippen molar-refractivity contribution in [2.75, 3.05) is 0 Å². The van der Waals surface area contributed by atoms with Gasteiger partial charge in [-0.15, -0.1) is 0 Å². The molecule has 82 valence electrons. The third-order valence-corrected chi connectivity index (χ3v) is 2.20. The molecule has 2 aromatic rings. The van der Waals surface area contributed by atoms with Crippen molar-refractivity contribution in [3.05, 3.63) is 54.1 Å². The molecule has 0 radical (unpaired) electrons. The summed E-state index contributed by atoms with van der Waals surface area (Å²) in [7, 11) is 0. The standard InChI is InChI=1S/C10H10FN5/c11-9-5-13-2-1-8(9)10(16-12)7-3-14-6-15-4-7/h1-6,10,16H,12H2. The highest BCUT2D eigenvalue weighted by atomic mass is 19.1. The van der Waals surface area contributed by atoms with Crippen molar-refractivity contribution in [1.29, 1.82) is 0 Å². The summed E-state index contributed by atoms with van der Waals surface area (Å²) in [5.41, 5.74) is 3.63. The molecule has 0 aliphatic carbocycles. The zero-order valence-corrected chi connectivity index (χ0v) is 8.34. The molecular formula is C10H10FN5. The molecule has 16 heavy (non-hydrogen) atoms. The van der Waals surface area contributed by atoms with Gasteiger partial charge in [0.1, 0.15) is 12.1 Å². The molecule has 3 N–H and O–H groups in total. The number of hydrogen-bond donors (Lipinski definition) is 2. The minimum Gasteiger partial charge on any atom is -0.271 e. The second-order valence-electron chi connectivity index (χ2n) is 3.17. The van der Waals surface area contributed by atoms with Gasteiger partial charge in [-0.3, -0.25) is 10.8 Å². The molecule has 0 spiro atoms. The van der Waals surface area contributed by atoms with E-state index in [1.165, 1.54) is 12.5 Å². The molecule has 0 saturated carbocycles. The van der Waals surface area contributed by atoms with E-state index in [9.17, 15) is 4.39 Å². The highest BCUT2D eigenvalue weighted by Gasteiger charge is 2.16. The van der Waals surface area contributed by atoms with E-state index < -0.39 is 11.9 Å². The van der Waals surface area contributed by atoms with Crippen molar-refractivity contribution in [3.63, 3.8) is 0 Å². The molecule has 6 heteroatoms. The quantitative estimate of drug-likeness (QED) is 0.582. The minimum atomic E-state index is -0.482. The monoisotopic (exact) mass is 219 g/mol. The van der Waals surface area contributed by atoms with Gasteiger partial charge in [0.05, 0.1) is 12.2 Å². The van der Waals surface area contributed by atoms with Crippen molar-refractivity contribution in [3.8, 4) is 0 Å². The highest BCUT2D eigenvalue weighted by Crippen LogP contribution is 2.21. The van der Waals surface area contributed by atoms with Gasteiger partial charge in [-0.25, -0.2) is 19.8 Å². The second-order valence-corrected chi connectivity index (χ2v) is 3.17. The van der Waals surface area contributed by atoms with Crippen LogP contribution >= 0.6 is 0 Å². The predicted octanol–water partition coefficient (Wildman–Crippen LogP) is 0.563. The molecule has 0 aliphatic rings. The maximum atomic E-state index is 13.5. The SMILES string of the molecule is NNC(c1cncnc1)c1ccncc1F. The third-order valence-electron chi connectivity index (χ3n) is 2.20. The number of nitrogens with two attached hydrogens (primary N) is 1. The average Bonchev–Trinajstić information content (AvgIpc) is 2.34. The molecule has 1 atom stereocenters. The van der Waals surface area contributed by atoms with E-state index in [-0.39, 0.29) is 0 Å². The topological polar surface area (TPSA) is 76.7 Å². The first-order valence-corrected chi connectivity index (χ1v) is 4.63. The fraction of sp³-hybridized carbons (Fsp3) is 0.100. The summed E-state index contributed by atoms with van der Waals surface area (Å²) < 4.78 is 13.5. The molecule has 0 aliphatic heterocycles. The lowest BCUT2D eigenvalue weighted by Gasteiger charge is -2.16. The molecule has 0 fully saturated rings. The van der Waals surface area contributed by atoms with Crippen LogP contribution in [0.3, 0.4) is 0 Å². The first-order chi connectivity index (χ1) is 7.83. The molecule has 2 heterocycles. The molecule has 0 aromatic carbocycles. The Morgan fingerprint density at radius 3 is 2.56 bits per heavy atom. The van der Waals surface area contributed by atoms with Gasteiger partial charge >= 0.3 is 0 Å². The Morgan fingerprint density at radius 2 is 1.94 bits per heavy atom. The highest BCUT2D eigenvalue weighted by molar-refractivity contribution is 5.27. The number of aromatic nitrogens is 3. The molecule has 2 aromatic heterocycles. The van der Waals surface area contributed by atoms with Crippen molar-refractivity contribution >= 4 is 0 Å². The van der Waals surface area contributed by atoms with Crippen molar-refractivity contribution in [1.82, 2.24) is 20.4 Å². The first kappa shape index (κ1) is 10.6. The number of pyridine rings is 1. The number of nitrogens with one attached hydrogen (secondary N) is 1. The molecule has 1 unspecified atom stereocenters. The van der Waals surface area contributed by atoms with E-state index in [1.54, 1.807) is 18.5 Å². The summed E-state index contributed by atoms with van der Waals surface area (Å²) >= 11 is 0. The number of hydrazine groups is 1. The van der Waals surface area contributed by atoms with Gasteiger partial charge in [0.15, 0.2) is 0 Å². The molecule has 0 saturated heterocycles.